The van der Waals surface area contributed by atoms with Crippen molar-refractivity contribution in [1.29, 1.82) is 0 Å². The van der Waals surface area contributed by atoms with E-state index in [1.807, 2.05) is 6.07 Å². The number of nitrogens with two attached hydrogens (primary N) is 1. The average molecular weight is 347 g/mol. The van der Waals surface area contributed by atoms with E-state index in [2.05, 4.69) is 54.1 Å². The average Bonchev–Trinajstić information content (AvgIpc) is 2.60. The van der Waals surface area contributed by atoms with E-state index in [0.29, 0.717) is 12.5 Å². The molecule has 2 rings (SSSR count). The van der Waals surface area contributed by atoms with Crippen molar-refractivity contribution in [3.8, 4) is 0 Å². The third kappa shape index (κ3) is 6.42. The highest BCUT2D eigenvalue weighted by molar-refractivity contribution is 5.81. The van der Waals surface area contributed by atoms with Crippen molar-refractivity contribution in [2.75, 3.05) is 32.7 Å². The van der Waals surface area contributed by atoms with Gasteiger partial charge in [0.25, 0.3) is 0 Å². The summed E-state index contributed by atoms with van der Waals surface area (Å²) in [6.45, 7) is 13.5. The Kier molecular flexibility index (Phi) is 7.88. The van der Waals surface area contributed by atoms with Gasteiger partial charge in [0.2, 0.25) is 5.91 Å². The van der Waals surface area contributed by atoms with Gasteiger partial charge in [0.1, 0.15) is 0 Å². The molecule has 0 bridgehead atoms. The zero-order chi connectivity index (χ0) is 18.2. The molecule has 5 heteroatoms. The molecule has 0 aliphatic carbocycles. The van der Waals surface area contributed by atoms with Gasteiger partial charge in [-0.25, -0.2) is 0 Å². The fourth-order valence-electron chi connectivity index (χ4n) is 3.32. The number of likely N-dealkylation sites (N-methyl/N-ethyl adjacent to an activating group) is 1. The van der Waals surface area contributed by atoms with Crippen LogP contribution in [0.2, 0.25) is 0 Å². The highest BCUT2D eigenvalue weighted by atomic mass is 16.2. The molecule has 1 amide bonds. The van der Waals surface area contributed by atoms with Crippen molar-refractivity contribution in [3.63, 3.8) is 0 Å². The minimum atomic E-state index is -0.422. The van der Waals surface area contributed by atoms with E-state index in [-0.39, 0.29) is 5.91 Å². The maximum absolute atomic E-state index is 12.2. The topological polar surface area (TPSA) is 61.6 Å². The summed E-state index contributed by atoms with van der Waals surface area (Å²) in [6.07, 6.45) is 0.717. The monoisotopic (exact) mass is 346 g/mol. The summed E-state index contributed by atoms with van der Waals surface area (Å²) in [5.41, 5.74) is 8.45. The van der Waals surface area contributed by atoms with E-state index in [1.54, 1.807) is 0 Å². The number of carbonyl (C=O) groups is 1. The van der Waals surface area contributed by atoms with Crippen molar-refractivity contribution in [2.45, 2.75) is 46.3 Å². The maximum atomic E-state index is 12.2. The molecule has 1 fully saturated rings. The molecule has 1 aromatic rings. The second-order valence-corrected chi connectivity index (χ2v) is 7.43. The second kappa shape index (κ2) is 9.90. The normalized spacial score (nSPS) is 17.6. The summed E-state index contributed by atoms with van der Waals surface area (Å²) in [5.74, 6) is 0.370. The van der Waals surface area contributed by atoms with Gasteiger partial charge in [0.05, 0.1) is 6.04 Å². The minimum absolute atomic E-state index is 0.0555. The highest BCUT2D eigenvalue weighted by Crippen LogP contribution is 2.14. The van der Waals surface area contributed by atoms with E-state index in [9.17, 15) is 4.79 Å². The molecule has 0 spiro atoms. The van der Waals surface area contributed by atoms with Crippen LogP contribution >= 0.6 is 0 Å². The molecule has 1 aromatic carbocycles. The molecule has 1 aliphatic rings. The molecule has 0 aromatic heterocycles. The molecule has 1 atom stereocenters. The first-order valence-corrected chi connectivity index (χ1v) is 9.54. The van der Waals surface area contributed by atoms with E-state index in [4.69, 9.17) is 5.73 Å². The van der Waals surface area contributed by atoms with Gasteiger partial charge in [0.15, 0.2) is 0 Å². The van der Waals surface area contributed by atoms with Crippen molar-refractivity contribution >= 4 is 5.91 Å². The van der Waals surface area contributed by atoms with Crippen molar-refractivity contribution < 1.29 is 4.79 Å². The van der Waals surface area contributed by atoms with Crippen molar-refractivity contribution in [1.82, 2.24) is 15.1 Å². The Labute approximate surface area is 152 Å². The summed E-state index contributed by atoms with van der Waals surface area (Å²) in [6, 6.07) is 7.96. The fourth-order valence-corrected chi connectivity index (χ4v) is 3.32. The van der Waals surface area contributed by atoms with Crippen molar-refractivity contribution in [2.24, 2.45) is 11.7 Å². The largest absolute Gasteiger partial charge is 0.351 e. The molecule has 140 valence electrons. The summed E-state index contributed by atoms with van der Waals surface area (Å²) >= 11 is 0. The number of benzene rings is 1. The van der Waals surface area contributed by atoms with Gasteiger partial charge in [-0.05, 0) is 30.0 Å². The molecule has 0 unspecified atom stereocenters. The first-order valence-electron chi connectivity index (χ1n) is 9.54. The number of amides is 1. The SMILES string of the molecule is CCN1CCN(Cc2ccccc2CNC(=O)[C@@H](N)CC(C)C)CC1. The predicted octanol–water partition coefficient (Wildman–Crippen LogP) is 1.81. The van der Waals surface area contributed by atoms with Crippen LogP contribution in [0.5, 0.6) is 0 Å². The molecule has 0 radical (unpaired) electrons. The van der Waals surface area contributed by atoms with Crippen LogP contribution in [0.4, 0.5) is 0 Å². The van der Waals surface area contributed by atoms with Crippen molar-refractivity contribution in [3.05, 3.63) is 35.4 Å². The van der Waals surface area contributed by atoms with Crippen LogP contribution < -0.4 is 11.1 Å². The van der Waals surface area contributed by atoms with Crippen LogP contribution in [0.15, 0.2) is 24.3 Å². The first kappa shape index (κ1) is 19.9. The number of hydrogen-bond acceptors (Lipinski definition) is 4. The smallest absolute Gasteiger partial charge is 0.237 e. The zero-order valence-electron chi connectivity index (χ0n) is 16.0. The summed E-state index contributed by atoms with van der Waals surface area (Å²) in [5, 5.41) is 3.01. The molecule has 25 heavy (non-hydrogen) atoms. The number of nitrogens with zero attached hydrogens (tertiary/aromatic N) is 2. The Morgan fingerprint density at radius 1 is 1.12 bits per heavy atom. The Balaban J connectivity index is 1.89. The van der Waals surface area contributed by atoms with E-state index in [0.717, 1.165) is 45.7 Å². The third-order valence-corrected chi connectivity index (χ3v) is 4.94. The molecule has 1 heterocycles. The van der Waals surface area contributed by atoms with Crippen LogP contribution in [0.3, 0.4) is 0 Å². The zero-order valence-corrected chi connectivity index (χ0v) is 16.0. The number of carbonyl (C=O) groups excluding carboxylic acids is 1. The van der Waals surface area contributed by atoms with Gasteiger partial charge in [-0.15, -0.1) is 0 Å². The number of hydrogen-bond donors (Lipinski definition) is 2. The Hall–Kier alpha value is -1.43. The van der Waals surface area contributed by atoms with Gasteiger partial charge < -0.3 is 16.0 Å². The lowest BCUT2D eigenvalue weighted by molar-refractivity contribution is -0.122. The number of rotatable bonds is 8. The minimum Gasteiger partial charge on any atom is -0.351 e. The fraction of sp³-hybridized carbons (Fsp3) is 0.650. The van der Waals surface area contributed by atoms with E-state index in [1.165, 1.54) is 11.1 Å². The van der Waals surface area contributed by atoms with Crippen LogP contribution in [0, 0.1) is 5.92 Å². The lowest BCUT2D eigenvalue weighted by atomic mass is 10.0. The van der Waals surface area contributed by atoms with Crippen LogP contribution in [-0.4, -0.2) is 54.5 Å². The number of piperazine rings is 1. The Morgan fingerprint density at radius 3 is 2.32 bits per heavy atom. The van der Waals surface area contributed by atoms with E-state index >= 15 is 0 Å². The summed E-state index contributed by atoms with van der Waals surface area (Å²) < 4.78 is 0. The molecular weight excluding hydrogens is 312 g/mol. The van der Waals surface area contributed by atoms with E-state index < -0.39 is 6.04 Å². The van der Waals surface area contributed by atoms with Crippen LogP contribution in [0.1, 0.15) is 38.3 Å². The first-order chi connectivity index (χ1) is 12.0. The highest BCUT2D eigenvalue weighted by Gasteiger charge is 2.18. The second-order valence-electron chi connectivity index (χ2n) is 7.43. The lowest BCUT2D eigenvalue weighted by Crippen LogP contribution is -2.45. The Morgan fingerprint density at radius 2 is 1.72 bits per heavy atom. The Bertz CT molecular complexity index is 538. The maximum Gasteiger partial charge on any atom is 0.237 e. The lowest BCUT2D eigenvalue weighted by Gasteiger charge is -2.34. The third-order valence-electron chi connectivity index (χ3n) is 4.94. The summed E-state index contributed by atoms with van der Waals surface area (Å²) in [7, 11) is 0. The molecular formula is C20H34N4O. The molecule has 0 saturated carbocycles. The number of nitrogens with one attached hydrogen (secondary N) is 1. The summed E-state index contributed by atoms with van der Waals surface area (Å²) in [4.78, 5) is 17.2. The van der Waals surface area contributed by atoms with Crippen LogP contribution in [-0.2, 0) is 17.9 Å². The van der Waals surface area contributed by atoms with Gasteiger partial charge in [0, 0.05) is 39.3 Å². The van der Waals surface area contributed by atoms with Gasteiger partial charge in [-0.2, -0.15) is 0 Å². The molecule has 5 nitrogen and oxygen atoms in total. The van der Waals surface area contributed by atoms with Gasteiger partial charge >= 0.3 is 0 Å². The quantitative estimate of drug-likeness (QED) is 0.754. The van der Waals surface area contributed by atoms with Gasteiger partial charge in [-0.3, -0.25) is 9.69 Å². The molecule has 3 N–H and O–H groups in total. The molecule has 1 saturated heterocycles. The van der Waals surface area contributed by atoms with Gasteiger partial charge in [-0.1, -0.05) is 45.0 Å². The van der Waals surface area contributed by atoms with Crippen LogP contribution in [0.25, 0.3) is 0 Å². The molecule has 1 aliphatic heterocycles. The standard InChI is InChI=1S/C20H34N4O/c1-4-23-9-11-24(12-10-23)15-18-8-6-5-7-17(18)14-22-20(25)19(21)13-16(2)3/h5-8,16,19H,4,9-15,21H2,1-3H3,(H,22,25)/t19-/m0/s1. The predicted molar refractivity (Wildman–Crippen MR) is 103 cm³/mol.